The summed E-state index contributed by atoms with van der Waals surface area (Å²) in [4.78, 5) is 0. The van der Waals surface area contributed by atoms with Crippen LogP contribution in [-0.2, 0) is 6.42 Å². The van der Waals surface area contributed by atoms with Crippen LogP contribution in [0.2, 0.25) is 0 Å². The van der Waals surface area contributed by atoms with Gasteiger partial charge in [-0.05, 0) is 51.7 Å². The number of hydrogen-bond acceptors (Lipinski definition) is 2. The lowest BCUT2D eigenvalue weighted by Gasteiger charge is -2.16. The zero-order valence-electron chi connectivity index (χ0n) is 14.6. The monoisotopic (exact) mass is 338 g/mol. The molecule has 0 N–H and O–H groups in total. The summed E-state index contributed by atoms with van der Waals surface area (Å²) in [7, 11) is 0. The van der Waals surface area contributed by atoms with Crippen molar-refractivity contribution in [3.05, 3.63) is 60.2 Å². The first-order valence-corrected chi connectivity index (χ1v) is 8.97. The molecule has 0 aliphatic carbocycles. The van der Waals surface area contributed by atoms with Gasteiger partial charge in [0, 0.05) is 10.8 Å². The summed E-state index contributed by atoms with van der Waals surface area (Å²) < 4.78 is 12.2. The molecule has 4 aromatic rings. The Morgan fingerprint density at radius 1 is 0.769 bits per heavy atom. The molecular weight excluding hydrogens is 320 g/mol. The molecule has 4 bridgehead atoms. The third kappa shape index (κ3) is 2.29. The number of benzene rings is 3. The van der Waals surface area contributed by atoms with Crippen molar-refractivity contribution in [3.63, 3.8) is 0 Å². The van der Waals surface area contributed by atoms with Gasteiger partial charge in [-0.15, -0.1) is 0 Å². The van der Waals surface area contributed by atoms with Gasteiger partial charge in [0.25, 0.3) is 0 Å². The minimum Gasteiger partial charge on any atom is -0.480 e. The maximum Gasteiger partial charge on any atom is 0.149 e. The van der Waals surface area contributed by atoms with Crippen LogP contribution in [-0.4, -0.2) is 13.2 Å². The lowest BCUT2D eigenvalue weighted by molar-refractivity contribution is 0.363. The molecule has 0 aromatic heterocycles. The van der Waals surface area contributed by atoms with Crippen molar-refractivity contribution in [2.45, 2.75) is 13.3 Å². The molecule has 0 saturated carbocycles. The molecule has 4 aromatic carbocycles. The van der Waals surface area contributed by atoms with E-state index < -0.39 is 0 Å². The van der Waals surface area contributed by atoms with Crippen molar-refractivity contribution < 1.29 is 9.47 Å². The van der Waals surface area contributed by atoms with E-state index in [1.165, 1.54) is 27.1 Å². The van der Waals surface area contributed by atoms with Gasteiger partial charge >= 0.3 is 0 Å². The van der Waals surface area contributed by atoms with Crippen LogP contribution in [0.4, 0.5) is 0 Å². The van der Waals surface area contributed by atoms with Crippen LogP contribution in [0.3, 0.4) is 0 Å². The fourth-order valence-electron chi connectivity index (χ4n) is 3.89. The Morgan fingerprint density at radius 2 is 1.38 bits per heavy atom. The number of rotatable bonds is 1. The Balaban J connectivity index is 2.12. The maximum absolute atomic E-state index is 6.08. The summed E-state index contributed by atoms with van der Waals surface area (Å²) in [6.07, 6.45) is 0.920. The van der Waals surface area contributed by atoms with Crippen molar-refractivity contribution in [2.24, 2.45) is 0 Å². The Bertz CT molecular complexity index is 1230. The summed E-state index contributed by atoms with van der Waals surface area (Å²) in [5, 5.41) is 7.06. The molecule has 0 saturated heterocycles. The van der Waals surface area contributed by atoms with E-state index in [1.807, 2.05) is 0 Å². The molecule has 5 rings (SSSR count). The first kappa shape index (κ1) is 15.1. The van der Waals surface area contributed by atoms with Crippen molar-refractivity contribution in [3.8, 4) is 23.3 Å². The van der Waals surface area contributed by atoms with Crippen molar-refractivity contribution >= 4 is 32.3 Å². The van der Waals surface area contributed by atoms with Gasteiger partial charge in [-0.2, -0.15) is 0 Å². The van der Waals surface area contributed by atoms with E-state index in [0.29, 0.717) is 13.2 Å². The highest BCUT2D eigenvalue weighted by Gasteiger charge is 2.15. The van der Waals surface area contributed by atoms with Crippen LogP contribution in [0.25, 0.3) is 32.3 Å². The summed E-state index contributed by atoms with van der Waals surface area (Å²) in [6, 6.07) is 19.3. The molecule has 0 atom stereocenters. The van der Waals surface area contributed by atoms with E-state index in [4.69, 9.17) is 9.47 Å². The van der Waals surface area contributed by atoms with Crippen molar-refractivity contribution in [1.29, 1.82) is 0 Å². The van der Waals surface area contributed by atoms with Crippen LogP contribution in [0.5, 0.6) is 11.5 Å². The third-order valence-electron chi connectivity index (χ3n) is 5.10. The Labute approximate surface area is 152 Å². The van der Waals surface area contributed by atoms with Gasteiger partial charge in [0.2, 0.25) is 0 Å². The van der Waals surface area contributed by atoms with Gasteiger partial charge < -0.3 is 9.47 Å². The molecule has 26 heavy (non-hydrogen) atoms. The van der Waals surface area contributed by atoms with Crippen LogP contribution in [0.1, 0.15) is 12.5 Å². The van der Waals surface area contributed by atoms with E-state index in [-0.39, 0.29) is 0 Å². The third-order valence-corrected chi connectivity index (χ3v) is 5.10. The second-order valence-corrected chi connectivity index (χ2v) is 6.54. The summed E-state index contributed by atoms with van der Waals surface area (Å²) >= 11 is 0. The predicted octanol–water partition coefficient (Wildman–Crippen LogP) is 5.48. The molecular formula is C24H18O2. The van der Waals surface area contributed by atoms with Crippen molar-refractivity contribution in [1.82, 2.24) is 0 Å². The lowest BCUT2D eigenvalue weighted by Crippen LogP contribution is -2.02. The molecule has 0 fully saturated rings. The highest BCUT2D eigenvalue weighted by Crippen LogP contribution is 2.40. The van der Waals surface area contributed by atoms with Gasteiger partial charge in [-0.1, -0.05) is 55.2 Å². The molecule has 0 radical (unpaired) electrons. The molecule has 1 heterocycles. The van der Waals surface area contributed by atoms with Gasteiger partial charge in [-0.25, -0.2) is 0 Å². The second kappa shape index (κ2) is 5.97. The molecule has 2 heteroatoms. The SMILES string of the molecule is CCc1c2ccc3c1c1c(ccc4ccc(cc2)cc41)OCC#CCO3. The predicted molar refractivity (Wildman–Crippen MR) is 107 cm³/mol. The van der Waals surface area contributed by atoms with E-state index in [2.05, 4.69) is 73.4 Å². The van der Waals surface area contributed by atoms with Crippen LogP contribution >= 0.6 is 0 Å². The van der Waals surface area contributed by atoms with Gasteiger partial charge in [0.1, 0.15) is 24.7 Å². The summed E-state index contributed by atoms with van der Waals surface area (Å²) in [5.41, 5.74) is 1.28. The average molecular weight is 338 g/mol. The van der Waals surface area contributed by atoms with Crippen LogP contribution in [0, 0.1) is 11.8 Å². The number of hydrogen-bond donors (Lipinski definition) is 0. The average Bonchev–Trinajstić information content (AvgIpc) is 2.71. The first-order valence-electron chi connectivity index (χ1n) is 8.97. The molecule has 126 valence electrons. The van der Waals surface area contributed by atoms with E-state index in [1.54, 1.807) is 0 Å². The standard InChI is InChI=1S/C24H18O2/c1-2-19-17-7-5-16-6-8-18-10-12-22-24(20(18)15-16)23(19)21(11-9-17)25-13-3-4-14-26-22/h5-12,15H,2,13-14H2,1H3. The Hall–Kier alpha value is -3.18. The van der Waals surface area contributed by atoms with Crippen LogP contribution < -0.4 is 9.47 Å². The largest absolute Gasteiger partial charge is 0.480 e. The minimum atomic E-state index is 0.371. The fourth-order valence-corrected chi connectivity index (χ4v) is 3.89. The van der Waals surface area contributed by atoms with Crippen LogP contribution in [0.15, 0.2) is 54.6 Å². The number of aryl methyl sites for hydroxylation is 1. The molecule has 1 aliphatic heterocycles. The zero-order valence-corrected chi connectivity index (χ0v) is 14.6. The smallest absolute Gasteiger partial charge is 0.149 e. The normalized spacial score (nSPS) is 13.3. The van der Waals surface area contributed by atoms with E-state index >= 15 is 0 Å². The van der Waals surface area contributed by atoms with Gasteiger partial charge in [0.05, 0.1) is 0 Å². The first-order chi connectivity index (χ1) is 12.8. The topological polar surface area (TPSA) is 18.5 Å². The van der Waals surface area contributed by atoms with Crippen molar-refractivity contribution in [2.75, 3.05) is 13.2 Å². The quantitative estimate of drug-likeness (QED) is 0.428. The zero-order chi connectivity index (χ0) is 17.5. The Kier molecular flexibility index (Phi) is 3.47. The molecule has 0 spiro atoms. The molecule has 2 nitrogen and oxygen atoms in total. The van der Waals surface area contributed by atoms with E-state index in [9.17, 15) is 0 Å². The molecule has 1 aliphatic rings. The summed E-state index contributed by atoms with van der Waals surface area (Å²) in [5.74, 6) is 7.80. The highest BCUT2D eigenvalue weighted by atomic mass is 16.5. The fraction of sp³-hybridized carbons (Fsp3) is 0.167. The lowest BCUT2D eigenvalue weighted by atomic mass is 9.96. The maximum atomic E-state index is 6.08. The number of ether oxygens (including phenoxy) is 2. The summed E-state index contributed by atoms with van der Waals surface area (Å²) in [6.45, 7) is 2.94. The molecule has 0 amide bonds. The minimum absolute atomic E-state index is 0.371. The number of fused-ring (bicyclic) bond motifs is 2. The van der Waals surface area contributed by atoms with Gasteiger partial charge in [0.15, 0.2) is 0 Å². The van der Waals surface area contributed by atoms with E-state index in [0.717, 1.165) is 28.7 Å². The highest BCUT2D eigenvalue weighted by molar-refractivity contribution is 6.14. The molecule has 0 unspecified atom stereocenters. The Morgan fingerprint density at radius 3 is 2.12 bits per heavy atom. The van der Waals surface area contributed by atoms with Gasteiger partial charge in [-0.3, -0.25) is 0 Å². The second-order valence-electron chi connectivity index (χ2n) is 6.54.